The largest absolute Gasteiger partial charge is 0.251 e. The molecule has 0 radical (unpaired) electrons. The van der Waals surface area contributed by atoms with Gasteiger partial charge in [-0.25, -0.2) is 15.0 Å². The Morgan fingerprint density at radius 2 is 0.807 bits per heavy atom. The predicted octanol–water partition coefficient (Wildman–Crippen LogP) is 13.6. The smallest absolute Gasteiger partial charge is 0.160 e. The summed E-state index contributed by atoms with van der Waals surface area (Å²) in [5.41, 5.74) is 16.4. The van der Waals surface area contributed by atoms with Crippen LogP contribution < -0.4 is 0 Å². The molecule has 4 nitrogen and oxygen atoms in total. The first kappa shape index (κ1) is 34.0. The summed E-state index contributed by atoms with van der Waals surface area (Å²) in [6.45, 7) is 2.05. The van der Waals surface area contributed by atoms with E-state index in [0.717, 1.165) is 78.0 Å². The minimum atomic E-state index is 0.678. The Balaban J connectivity index is 1.03. The number of aromatic nitrogens is 4. The Labute approximate surface area is 331 Å². The highest BCUT2D eigenvalue weighted by atomic mass is 14.9. The van der Waals surface area contributed by atoms with E-state index in [-0.39, 0.29) is 0 Å². The van der Waals surface area contributed by atoms with E-state index in [0.29, 0.717) is 5.82 Å². The van der Waals surface area contributed by atoms with Crippen molar-refractivity contribution in [2.75, 3.05) is 0 Å². The average molecular weight is 729 g/mol. The molecule has 3 aromatic heterocycles. The van der Waals surface area contributed by atoms with Crippen molar-refractivity contribution in [1.82, 2.24) is 19.9 Å². The Hall–Kier alpha value is -7.56. The van der Waals surface area contributed by atoms with Crippen molar-refractivity contribution in [2.24, 2.45) is 0 Å². The van der Waals surface area contributed by atoms with Crippen LogP contribution >= 0.6 is 0 Å². The second kappa shape index (κ2) is 14.6. The van der Waals surface area contributed by atoms with Crippen molar-refractivity contribution in [3.63, 3.8) is 0 Å². The topological polar surface area (TPSA) is 51.6 Å². The summed E-state index contributed by atoms with van der Waals surface area (Å²) in [5.74, 6) is 0.678. The molecule has 0 aliphatic heterocycles. The molecule has 10 aromatic rings. The molecule has 268 valence electrons. The van der Waals surface area contributed by atoms with E-state index < -0.39 is 0 Å². The Bertz CT molecular complexity index is 3050. The van der Waals surface area contributed by atoms with Gasteiger partial charge in [0.1, 0.15) is 0 Å². The standard InChI is InChI=1S/C53H36N4/c1-35-31-47(38-15-7-3-8-16-38)46-29-27-41-28-30-48(55-51(41)52(46)54-35)44-21-11-19-42(32-44)43-20-12-22-45(33-43)53-56-49(39-17-9-4-10-18-39)34-50(57-53)40-25-23-37(24-26-40)36-13-5-2-6-14-36/h2-34H,1H3. The summed E-state index contributed by atoms with van der Waals surface area (Å²) in [6, 6.07) is 69.8. The van der Waals surface area contributed by atoms with Crippen LogP contribution in [0.15, 0.2) is 200 Å². The van der Waals surface area contributed by atoms with Crippen molar-refractivity contribution < 1.29 is 0 Å². The van der Waals surface area contributed by atoms with Gasteiger partial charge in [-0.15, -0.1) is 0 Å². The minimum absolute atomic E-state index is 0.678. The molecule has 7 aromatic carbocycles. The van der Waals surface area contributed by atoms with Crippen LogP contribution in [0.1, 0.15) is 5.69 Å². The first-order valence-electron chi connectivity index (χ1n) is 19.2. The molecule has 0 aliphatic carbocycles. The third-order valence-electron chi connectivity index (χ3n) is 10.5. The lowest BCUT2D eigenvalue weighted by molar-refractivity contribution is 1.18. The number of pyridine rings is 2. The lowest BCUT2D eigenvalue weighted by atomic mass is 9.97. The van der Waals surface area contributed by atoms with Gasteiger partial charge in [-0.2, -0.15) is 0 Å². The van der Waals surface area contributed by atoms with Gasteiger partial charge in [0.15, 0.2) is 5.82 Å². The third kappa shape index (κ3) is 6.75. The second-order valence-electron chi connectivity index (χ2n) is 14.3. The van der Waals surface area contributed by atoms with Gasteiger partial charge >= 0.3 is 0 Å². The molecule has 57 heavy (non-hydrogen) atoms. The van der Waals surface area contributed by atoms with Crippen molar-refractivity contribution >= 4 is 21.8 Å². The molecule has 0 fully saturated rings. The van der Waals surface area contributed by atoms with Gasteiger partial charge in [-0.1, -0.05) is 170 Å². The molecule has 0 bridgehead atoms. The second-order valence-corrected chi connectivity index (χ2v) is 14.3. The fraction of sp³-hybridized carbons (Fsp3) is 0.0189. The van der Waals surface area contributed by atoms with Crippen LogP contribution in [0.5, 0.6) is 0 Å². The first-order chi connectivity index (χ1) is 28.1. The zero-order chi connectivity index (χ0) is 38.1. The maximum atomic E-state index is 5.27. The number of hydrogen-bond donors (Lipinski definition) is 0. The van der Waals surface area contributed by atoms with Gasteiger partial charge in [0.25, 0.3) is 0 Å². The highest BCUT2D eigenvalue weighted by molar-refractivity contribution is 6.08. The molecule has 4 heteroatoms. The number of fused-ring (bicyclic) bond motifs is 3. The number of hydrogen-bond acceptors (Lipinski definition) is 4. The molecule has 3 heterocycles. The molecule has 0 unspecified atom stereocenters. The Morgan fingerprint density at radius 1 is 0.298 bits per heavy atom. The summed E-state index contributed by atoms with van der Waals surface area (Å²) in [7, 11) is 0. The van der Waals surface area contributed by atoms with Gasteiger partial charge in [-0.3, -0.25) is 4.98 Å². The van der Waals surface area contributed by atoms with E-state index in [2.05, 4.69) is 177 Å². The maximum Gasteiger partial charge on any atom is 0.160 e. The van der Waals surface area contributed by atoms with Gasteiger partial charge in [0.05, 0.1) is 28.1 Å². The molecule has 0 aliphatic rings. The summed E-state index contributed by atoms with van der Waals surface area (Å²) >= 11 is 0. The normalized spacial score (nSPS) is 11.2. The Kier molecular flexibility index (Phi) is 8.69. The van der Waals surface area contributed by atoms with E-state index in [1.807, 2.05) is 30.3 Å². The van der Waals surface area contributed by atoms with Crippen molar-refractivity contribution in [1.29, 1.82) is 0 Å². The highest BCUT2D eigenvalue weighted by Gasteiger charge is 2.15. The van der Waals surface area contributed by atoms with Gasteiger partial charge in [0, 0.05) is 38.7 Å². The van der Waals surface area contributed by atoms with Gasteiger partial charge in [-0.05, 0) is 70.6 Å². The fourth-order valence-electron chi connectivity index (χ4n) is 7.66. The number of nitrogens with zero attached hydrogens (tertiary/aromatic N) is 4. The molecule has 0 spiro atoms. The monoisotopic (exact) mass is 728 g/mol. The number of aryl methyl sites for hydroxylation is 1. The molecule has 0 N–H and O–H groups in total. The van der Waals surface area contributed by atoms with E-state index in [1.54, 1.807) is 0 Å². The van der Waals surface area contributed by atoms with Crippen LogP contribution in [-0.4, -0.2) is 19.9 Å². The van der Waals surface area contributed by atoms with Crippen LogP contribution in [0.25, 0.3) is 100 Å². The minimum Gasteiger partial charge on any atom is -0.251 e. The average Bonchev–Trinajstić information content (AvgIpc) is 3.29. The molecule has 0 amide bonds. The quantitative estimate of drug-likeness (QED) is 0.153. The van der Waals surface area contributed by atoms with Crippen LogP contribution in [0.2, 0.25) is 0 Å². The fourth-order valence-corrected chi connectivity index (χ4v) is 7.66. The summed E-state index contributed by atoms with van der Waals surface area (Å²) in [6.07, 6.45) is 0. The third-order valence-corrected chi connectivity index (χ3v) is 10.5. The van der Waals surface area contributed by atoms with E-state index in [1.165, 1.54) is 22.3 Å². The van der Waals surface area contributed by atoms with Gasteiger partial charge < -0.3 is 0 Å². The zero-order valence-electron chi connectivity index (χ0n) is 31.3. The van der Waals surface area contributed by atoms with E-state index in [4.69, 9.17) is 19.9 Å². The molecule has 0 saturated heterocycles. The van der Waals surface area contributed by atoms with Crippen molar-refractivity contribution in [3.05, 3.63) is 206 Å². The summed E-state index contributed by atoms with van der Waals surface area (Å²) < 4.78 is 0. The van der Waals surface area contributed by atoms with Crippen molar-refractivity contribution in [3.8, 4) is 78.5 Å². The maximum absolute atomic E-state index is 5.27. The highest BCUT2D eigenvalue weighted by Crippen LogP contribution is 2.35. The lowest BCUT2D eigenvalue weighted by Crippen LogP contribution is -1.96. The Morgan fingerprint density at radius 3 is 1.49 bits per heavy atom. The number of benzene rings is 7. The molecular weight excluding hydrogens is 693 g/mol. The SMILES string of the molecule is Cc1cc(-c2ccccc2)c2ccc3ccc(-c4cccc(-c5cccc(-c6nc(-c7ccccc7)cc(-c7ccc(-c8ccccc8)cc7)n6)c5)c4)nc3c2n1. The van der Waals surface area contributed by atoms with Crippen LogP contribution in [0, 0.1) is 6.92 Å². The van der Waals surface area contributed by atoms with Crippen LogP contribution in [0.4, 0.5) is 0 Å². The predicted molar refractivity (Wildman–Crippen MR) is 235 cm³/mol. The van der Waals surface area contributed by atoms with E-state index >= 15 is 0 Å². The molecule has 10 rings (SSSR count). The zero-order valence-corrected chi connectivity index (χ0v) is 31.3. The summed E-state index contributed by atoms with van der Waals surface area (Å²) in [5, 5.41) is 2.16. The van der Waals surface area contributed by atoms with E-state index in [9.17, 15) is 0 Å². The molecular formula is C53H36N4. The van der Waals surface area contributed by atoms with Crippen LogP contribution in [0.3, 0.4) is 0 Å². The number of rotatable bonds is 7. The van der Waals surface area contributed by atoms with Crippen molar-refractivity contribution in [2.45, 2.75) is 6.92 Å². The van der Waals surface area contributed by atoms with Crippen LogP contribution in [-0.2, 0) is 0 Å². The van der Waals surface area contributed by atoms with Gasteiger partial charge in [0.2, 0.25) is 0 Å². The lowest BCUT2D eigenvalue weighted by Gasteiger charge is -2.12. The first-order valence-corrected chi connectivity index (χ1v) is 19.2. The molecule has 0 saturated carbocycles. The molecule has 0 atom stereocenters. The summed E-state index contributed by atoms with van der Waals surface area (Å²) in [4.78, 5) is 20.6.